The van der Waals surface area contributed by atoms with Gasteiger partial charge in [0, 0.05) is 11.5 Å². The number of nitrogens with zero attached hydrogens (tertiary/aromatic N) is 2. The summed E-state index contributed by atoms with van der Waals surface area (Å²) in [6.07, 6.45) is 34.3. The molecule has 0 unspecified atom stereocenters. The van der Waals surface area contributed by atoms with Gasteiger partial charge in [0.05, 0.1) is 18.0 Å². The van der Waals surface area contributed by atoms with Crippen LogP contribution in [0.1, 0.15) is 174 Å². The molecule has 0 saturated carbocycles. The van der Waals surface area contributed by atoms with Gasteiger partial charge in [0.15, 0.2) is 0 Å². The number of hydrogen-bond donors (Lipinski definition) is 0. The highest BCUT2D eigenvalue weighted by Crippen LogP contribution is 2.25. The fraction of sp³-hybridized carbons (Fsp3) is 0.714. The van der Waals surface area contributed by atoms with Gasteiger partial charge < -0.3 is 4.74 Å². The fourth-order valence-corrected chi connectivity index (χ4v) is 8.14. The van der Waals surface area contributed by atoms with Gasteiger partial charge in [-0.25, -0.2) is 0 Å². The van der Waals surface area contributed by atoms with Crippen molar-refractivity contribution in [2.45, 2.75) is 174 Å². The van der Waals surface area contributed by atoms with Gasteiger partial charge in [-0.2, -0.15) is 10.2 Å². The summed E-state index contributed by atoms with van der Waals surface area (Å²) in [6.45, 7) is 5.35. The molecular weight excluding hydrogens is 613 g/mol. The number of aryl methyl sites for hydroxylation is 1. The van der Waals surface area contributed by atoms with Gasteiger partial charge in [0.1, 0.15) is 5.75 Å². The molecule has 0 aromatic heterocycles. The van der Waals surface area contributed by atoms with E-state index in [2.05, 4.69) is 69.9 Å². The minimum atomic E-state index is 0.793. The quantitative estimate of drug-likeness (QED) is 0.0427. The lowest BCUT2D eigenvalue weighted by Gasteiger charge is -2.06. The zero-order chi connectivity index (χ0) is 33.3. The van der Waals surface area contributed by atoms with Crippen LogP contribution in [0.15, 0.2) is 58.8 Å². The highest BCUT2D eigenvalue weighted by molar-refractivity contribution is 8.76. The first-order valence-electron chi connectivity index (χ1n) is 19.8. The lowest BCUT2D eigenvalue weighted by Crippen LogP contribution is -1.96. The summed E-state index contributed by atoms with van der Waals surface area (Å²) in [5.41, 5.74) is 3.14. The van der Waals surface area contributed by atoms with Gasteiger partial charge in [-0.3, -0.25) is 0 Å². The molecule has 0 N–H and O–H groups in total. The van der Waals surface area contributed by atoms with Crippen molar-refractivity contribution in [3.8, 4) is 5.75 Å². The third-order valence-electron chi connectivity index (χ3n) is 8.93. The molecule has 0 aliphatic rings. The summed E-state index contributed by atoms with van der Waals surface area (Å²) < 4.78 is 5.96. The van der Waals surface area contributed by atoms with E-state index in [0.29, 0.717) is 0 Å². The molecule has 266 valence electrons. The van der Waals surface area contributed by atoms with E-state index >= 15 is 0 Å². The van der Waals surface area contributed by atoms with Gasteiger partial charge in [0.2, 0.25) is 0 Å². The zero-order valence-corrected chi connectivity index (χ0v) is 32.2. The smallest absolute Gasteiger partial charge is 0.119 e. The molecule has 0 heterocycles. The SMILES string of the molecule is CCCCCCCCCCCCSSCCCCCCCCCCCCOc1ccc(N=Nc2ccc(CCCCCC)cc2)cc1. The van der Waals surface area contributed by atoms with Crippen LogP contribution in [0.2, 0.25) is 0 Å². The largest absolute Gasteiger partial charge is 0.494 e. The Labute approximate surface area is 299 Å². The van der Waals surface area contributed by atoms with Crippen LogP contribution in [0.4, 0.5) is 11.4 Å². The fourth-order valence-electron chi connectivity index (χ4n) is 5.84. The molecular formula is C42H70N2OS2. The molecule has 3 nitrogen and oxygen atoms in total. The van der Waals surface area contributed by atoms with Gasteiger partial charge >= 0.3 is 0 Å². The third-order valence-corrected chi connectivity index (χ3v) is 11.5. The Morgan fingerprint density at radius 1 is 0.426 bits per heavy atom. The van der Waals surface area contributed by atoms with Crippen LogP contribution in [0.3, 0.4) is 0 Å². The van der Waals surface area contributed by atoms with Crippen molar-refractivity contribution in [3.05, 3.63) is 54.1 Å². The Balaban J connectivity index is 1.32. The topological polar surface area (TPSA) is 34.0 Å². The number of azo groups is 1. The monoisotopic (exact) mass is 682 g/mol. The second kappa shape index (κ2) is 31.8. The maximum Gasteiger partial charge on any atom is 0.119 e. The van der Waals surface area contributed by atoms with Gasteiger partial charge in [-0.05, 0) is 74.1 Å². The molecule has 5 heteroatoms. The van der Waals surface area contributed by atoms with E-state index in [9.17, 15) is 0 Å². The van der Waals surface area contributed by atoms with Crippen LogP contribution in [-0.2, 0) is 6.42 Å². The van der Waals surface area contributed by atoms with E-state index in [-0.39, 0.29) is 0 Å². The molecule has 0 spiro atoms. The standard InChI is InChI=1S/C42H70N2OS2/c1-3-5-7-9-10-11-15-18-21-25-37-46-47-38-26-22-19-16-13-12-14-17-20-24-36-45-42-34-32-41(33-35-42)44-43-40-30-28-39(29-31-40)27-23-8-6-4-2/h28-35H,3-27,36-38H2,1-2H3. The normalized spacial score (nSPS) is 11.5. The molecule has 0 aliphatic heterocycles. The van der Waals surface area contributed by atoms with Crippen molar-refractivity contribution >= 4 is 33.0 Å². The number of ether oxygens (including phenoxy) is 1. The second-order valence-electron chi connectivity index (χ2n) is 13.4. The summed E-state index contributed by atoms with van der Waals surface area (Å²) in [5.74, 6) is 3.61. The van der Waals surface area contributed by atoms with Crippen molar-refractivity contribution in [3.63, 3.8) is 0 Å². The summed E-state index contributed by atoms with van der Waals surface area (Å²) in [5, 5.41) is 8.80. The van der Waals surface area contributed by atoms with E-state index in [1.54, 1.807) is 0 Å². The summed E-state index contributed by atoms with van der Waals surface area (Å²) in [6, 6.07) is 16.5. The molecule has 2 aromatic rings. The van der Waals surface area contributed by atoms with Crippen molar-refractivity contribution in [1.29, 1.82) is 0 Å². The van der Waals surface area contributed by atoms with Gasteiger partial charge in [0.25, 0.3) is 0 Å². The van der Waals surface area contributed by atoms with Crippen molar-refractivity contribution in [2.75, 3.05) is 18.1 Å². The number of unbranched alkanes of at least 4 members (excludes halogenated alkanes) is 21. The predicted molar refractivity (Wildman–Crippen MR) is 213 cm³/mol. The second-order valence-corrected chi connectivity index (χ2v) is 16.1. The minimum Gasteiger partial charge on any atom is -0.494 e. The maximum absolute atomic E-state index is 5.96. The lowest BCUT2D eigenvalue weighted by atomic mass is 10.1. The summed E-state index contributed by atoms with van der Waals surface area (Å²) in [4.78, 5) is 0. The average Bonchev–Trinajstić information content (AvgIpc) is 3.10. The van der Waals surface area contributed by atoms with E-state index in [1.165, 1.54) is 165 Å². The van der Waals surface area contributed by atoms with Crippen molar-refractivity contribution in [1.82, 2.24) is 0 Å². The highest BCUT2D eigenvalue weighted by Gasteiger charge is 1.99. The number of hydrogen-bond acceptors (Lipinski definition) is 5. The van der Waals surface area contributed by atoms with E-state index in [1.807, 2.05) is 24.3 Å². The maximum atomic E-state index is 5.96. The first-order valence-corrected chi connectivity index (χ1v) is 22.3. The molecule has 0 saturated heterocycles. The first kappa shape index (κ1) is 41.7. The molecule has 47 heavy (non-hydrogen) atoms. The van der Waals surface area contributed by atoms with E-state index in [0.717, 1.165) is 36.6 Å². The van der Waals surface area contributed by atoms with E-state index < -0.39 is 0 Å². The minimum absolute atomic E-state index is 0.793. The third kappa shape index (κ3) is 25.2. The molecule has 2 rings (SSSR count). The average molecular weight is 683 g/mol. The molecule has 0 aliphatic carbocycles. The predicted octanol–water partition coefficient (Wildman–Crippen LogP) is 15.8. The van der Waals surface area contributed by atoms with Crippen molar-refractivity contribution in [2.24, 2.45) is 10.2 Å². The highest BCUT2D eigenvalue weighted by atomic mass is 33.1. The Morgan fingerprint density at radius 2 is 0.809 bits per heavy atom. The van der Waals surface area contributed by atoms with Crippen LogP contribution in [0, 0.1) is 0 Å². The summed E-state index contributed by atoms with van der Waals surface area (Å²) >= 11 is 0. The van der Waals surface area contributed by atoms with E-state index in [4.69, 9.17) is 4.74 Å². The van der Waals surface area contributed by atoms with Gasteiger partial charge in [-0.1, -0.05) is 176 Å². The Morgan fingerprint density at radius 3 is 1.28 bits per heavy atom. The number of benzene rings is 2. The molecule has 0 atom stereocenters. The van der Waals surface area contributed by atoms with Crippen LogP contribution in [0.5, 0.6) is 5.75 Å². The molecule has 0 bridgehead atoms. The Hall–Kier alpha value is -1.46. The van der Waals surface area contributed by atoms with Crippen LogP contribution >= 0.6 is 21.6 Å². The Kier molecular flexibility index (Phi) is 28.2. The molecule has 0 radical (unpaired) electrons. The molecule has 0 fully saturated rings. The number of rotatable bonds is 33. The van der Waals surface area contributed by atoms with Crippen LogP contribution < -0.4 is 4.74 Å². The molecule has 2 aromatic carbocycles. The van der Waals surface area contributed by atoms with Crippen LogP contribution in [-0.4, -0.2) is 18.1 Å². The first-order chi connectivity index (χ1) is 23.3. The summed E-state index contributed by atoms with van der Waals surface area (Å²) in [7, 11) is 4.23. The van der Waals surface area contributed by atoms with Gasteiger partial charge in [-0.15, -0.1) is 0 Å². The molecule has 0 amide bonds. The van der Waals surface area contributed by atoms with Crippen LogP contribution in [0.25, 0.3) is 0 Å². The van der Waals surface area contributed by atoms with Crippen molar-refractivity contribution < 1.29 is 4.74 Å². The lowest BCUT2D eigenvalue weighted by molar-refractivity contribution is 0.304. The zero-order valence-electron chi connectivity index (χ0n) is 30.5. The Bertz CT molecular complexity index is 964.